The number of benzene rings is 1. The Morgan fingerprint density at radius 1 is 1.30 bits per heavy atom. The lowest BCUT2D eigenvalue weighted by atomic mass is 9.90. The first-order valence-corrected chi connectivity index (χ1v) is 8.36. The lowest BCUT2D eigenvalue weighted by Crippen LogP contribution is -2.58. The minimum Gasteiger partial charge on any atom is -0.477 e. The minimum absolute atomic E-state index is 0.0147. The summed E-state index contributed by atoms with van der Waals surface area (Å²) in [5.41, 5.74) is 0.370. The minimum atomic E-state index is -0.804. The average Bonchev–Trinajstić information content (AvgIpc) is 2.57. The standard InChI is InChI=1S/C18H28N2O3/c1-4-15(13-22-3)20-17(21)18(9-11-19-12-10-18)23-16-7-5-14(2)6-8-16/h5-8,15,19H,4,9-13H2,1-3H3,(H,20,21)/t15-/m0/s1. The van der Waals surface area contributed by atoms with Crippen molar-refractivity contribution in [2.24, 2.45) is 0 Å². The summed E-state index contributed by atoms with van der Waals surface area (Å²) in [4.78, 5) is 12.9. The van der Waals surface area contributed by atoms with Crippen LogP contribution in [0.3, 0.4) is 0 Å². The van der Waals surface area contributed by atoms with Gasteiger partial charge in [-0.25, -0.2) is 0 Å². The van der Waals surface area contributed by atoms with Gasteiger partial charge >= 0.3 is 0 Å². The number of nitrogens with one attached hydrogen (secondary N) is 2. The molecule has 23 heavy (non-hydrogen) atoms. The molecule has 0 spiro atoms. The number of piperidine rings is 1. The van der Waals surface area contributed by atoms with E-state index in [1.807, 2.05) is 38.1 Å². The summed E-state index contributed by atoms with van der Waals surface area (Å²) in [6, 6.07) is 7.88. The Balaban J connectivity index is 2.14. The van der Waals surface area contributed by atoms with Gasteiger partial charge < -0.3 is 20.1 Å². The molecule has 1 amide bonds. The molecule has 1 aromatic rings. The van der Waals surface area contributed by atoms with Gasteiger partial charge in [-0.3, -0.25) is 4.79 Å². The van der Waals surface area contributed by atoms with E-state index in [9.17, 15) is 4.79 Å². The van der Waals surface area contributed by atoms with Crippen molar-refractivity contribution in [1.29, 1.82) is 0 Å². The van der Waals surface area contributed by atoms with Crippen LogP contribution in [0.2, 0.25) is 0 Å². The molecule has 0 aliphatic carbocycles. The number of hydrogen-bond donors (Lipinski definition) is 2. The van der Waals surface area contributed by atoms with Crippen LogP contribution in [0.5, 0.6) is 5.75 Å². The zero-order valence-corrected chi connectivity index (χ0v) is 14.4. The Morgan fingerprint density at radius 2 is 1.96 bits per heavy atom. The Bertz CT molecular complexity index is 495. The lowest BCUT2D eigenvalue weighted by molar-refractivity contribution is -0.140. The SMILES string of the molecule is CC[C@@H](COC)NC(=O)C1(Oc2ccc(C)cc2)CCNCC1. The quantitative estimate of drug-likeness (QED) is 0.807. The zero-order valence-electron chi connectivity index (χ0n) is 14.4. The van der Waals surface area contributed by atoms with Crippen LogP contribution in [-0.4, -0.2) is 44.4 Å². The number of aryl methyl sites for hydroxylation is 1. The van der Waals surface area contributed by atoms with E-state index in [4.69, 9.17) is 9.47 Å². The number of carbonyl (C=O) groups excluding carboxylic acids is 1. The molecular weight excluding hydrogens is 292 g/mol. The van der Waals surface area contributed by atoms with Crippen LogP contribution in [0.15, 0.2) is 24.3 Å². The van der Waals surface area contributed by atoms with Crippen LogP contribution >= 0.6 is 0 Å². The molecule has 0 aromatic heterocycles. The van der Waals surface area contributed by atoms with E-state index >= 15 is 0 Å². The van der Waals surface area contributed by atoms with Gasteiger partial charge in [0.2, 0.25) is 0 Å². The highest BCUT2D eigenvalue weighted by atomic mass is 16.5. The molecule has 1 aliphatic rings. The van der Waals surface area contributed by atoms with Crippen LogP contribution in [0.25, 0.3) is 0 Å². The maximum absolute atomic E-state index is 12.9. The second-order valence-corrected chi connectivity index (χ2v) is 6.19. The summed E-state index contributed by atoms with van der Waals surface area (Å²) in [5.74, 6) is 0.705. The van der Waals surface area contributed by atoms with Gasteiger partial charge in [0.1, 0.15) is 5.75 Å². The molecule has 1 heterocycles. The third-order valence-electron chi connectivity index (χ3n) is 4.36. The van der Waals surface area contributed by atoms with E-state index in [-0.39, 0.29) is 11.9 Å². The molecule has 1 fully saturated rings. The Labute approximate surface area is 138 Å². The second-order valence-electron chi connectivity index (χ2n) is 6.19. The van der Waals surface area contributed by atoms with Crippen molar-refractivity contribution < 1.29 is 14.3 Å². The van der Waals surface area contributed by atoms with E-state index in [0.29, 0.717) is 19.4 Å². The molecule has 0 saturated carbocycles. The highest BCUT2D eigenvalue weighted by Crippen LogP contribution is 2.27. The molecule has 2 rings (SSSR count). The van der Waals surface area contributed by atoms with Gasteiger partial charge in [-0.05, 0) is 38.6 Å². The number of rotatable bonds is 7. The highest BCUT2D eigenvalue weighted by molar-refractivity contribution is 5.86. The lowest BCUT2D eigenvalue weighted by Gasteiger charge is -2.37. The van der Waals surface area contributed by atoms with E-state index < -0.39 is 5.60 Å². The average molecular weight is 320 g/mol. The van der Waals surface area contributed by atoms with E-state index in [1.54, 1.807) is 7.11 Å². The number of methoxy groups -OCH3 is 1. The predicted octanol–water partition coefficient (Wildman–Crippen LogP) is 2.04. The Kier molecular flexibility index (Phi) is 6.42. The van der Waals surface area contributed by atoms with Gasteiger partial charge in [0.25, 0.3) is 5.91 Å². The summed E-state index contributed by atoms with van der Waals surface area (Å²) in [7, 11) is 1.65. The predicted molar refractivity (Wildman–Crippen MR) is 90.7 cm³/mol. The maximum Gasteiger partial charge on any atom is 0.264 e. The van der Waals surface area contributed by atoms with E-state index in [1.165, 1.54) is 5.56 Å². The first-order valence-electron chi connectivity index (χ1n) is 8.36. The van der Waals surface area contributed by atoms with Crippen LogP contribution < -0.4 is 15.4 Å². The van der Waals surface area contributed by atoms with Crippen molar-refractivity contribution in [2.45, 2.75) is 44.8 Å². The van der Waals surface area contributed by atoms with Crippen LogP contribution in [0.4, 0.5) is 0 Å². The molecule has 1 aliphatic heterocycles. The summed E-state index contributed by atoms with van der Waals surface area (Å²) in [6.07, 6.45) is 2.16. The normalized spacial score (nSPS) is 18.2. The molecular formula is C18H28N2O3. The molecule has 5 heteroatoms. The largest absolute Gasteiger partial charge is 0.477 e. The van der Waals surface area contributed by atoms with E-state index in [0.717, 1.165) is 25.3 Å². The summed E-state index contributed by atoms with van der Waals surface area (Å²) < 4.78 is 11.4. The third kappa shape index (κ3) is 4.69. The molecule has 1 saturated heterocycles. The van der Waals surface area contributed by atoms with Gasteiger partial charge in [-0.1, -0.05) is 24.6 Å². The molecule has 1 atom stereocenters. The Hall–Kier alpha value is -1.59. The smallest absolute Gasteiger partial charge is 0.264 e. The number of carbonyl (C=O) groups is 1. The maximum atomic E-state index is 12.9. The second kappa shape index (κ2) is 8.31. The van der Waals surface area contributed by atoms with Gasteiger partial charge in [0, 0.05) is 20.0 Å². The van der Waals surface area contributed by atoms with Gasteiger partial charge in [0.15, 0.2) is 5.60 Å². The molecule has 2 N–H and O–H groups in total. The molecule has 0 radical (unpaired) electrons. The van der Waals surface area contributed by atoms with Gasteiger partial charge in [-0.2, -0.15) is 0 Å². The summed E-state index contributed by atoms with van der Waals surface area (Å²) in [5, 5.41) is 6.39. The first-order chi connectivity index (χ1) is 11.1. The molecule has 1 aromatic carbocycles. The summed E-state index contributed by atoms with van der Waals surface area (Å²) >= 11 is 0. The van der Waals surface area contributed by atoms with Crippen molar-refractivity contribution in [3.8, 4) is 5.75 Å². The molecule has 0 bridgehead atoms. The fourth-order valence-electron chi connectivity index (χ4n) is 2.82. The monoisotopic (exact) mass is 320 g/mol. The molecule has 0 unspecified atom stereocenters. The number of hydrogen-bond acceptors (Lipinski definition) is 4. The van der Waals surface area contributed by atoms with Crippen molar-refractivity contribution >= 4 is 5.91 Å². The topological polar surface area (TPSA) is 59.6 Å². The first kappa shape index (κ1) is 17.8. The zero-order chi connectivity index (χ0) is 16.7. The van der Waals surface area contributed by atoms with Crippen LogP contribution in [-0.2, 0) is 9.53 Å². The van der Waals surface area contributed by atoms with Crippen molar-refractivity contribution in [2.75, 3.05) is 26.8 Å². The van der Waals surface area contributed by atoms with Gasteiger partial charge in [-0.15, -0.1) is 0 Å². The van der Waals surface area contributed by atoms with Crippen LogP contribution in [0.1, 0.15) is 31.7 Å². The fourth-order valence-corrected chi connectivity index (χ4v) is 2.82. The highest BCUT2D eigenvalue weighted by Gasteiger charge is 2.42. The fraction of sp³-hybridized carbons (Fsp3) is 0.611. The molecule has 128 valence electrons. The van der Waals surface area contributed by atoms with E-state index in [2.05, 4.69) is 10.6 Å². The Morgan fingerprint density at radius 3 is 2.52 bits per heavy atom. The summed E-state index contributed by atoms with van der Waals surface area (Å²) in [6.45, 7) is 6.15. The molecule has 5 nitrogen and oxygen atoms in total. The number of amides is 1. The van der Waals surface area contributed by atoms with Crippen molar-refractivity contribution in [3.05, 3.63) is 29.8 Å². The number of ether oxygens (including phenoxy) is 2. The van der Waals surface area contributed by atoms with Crippen molar-refractivity contribution in [1.82, 2.24) is 10.6 Å². The van der Waals surface area contributed by atoms with Crippen LogP contribution in [0, 0.1) is 6.92 Å². The van der Waals surface area contributed by atoms with Crippen molar-refractivity contribution in [3.63, 3.8) is 0 Å². The third-order valence-corrected chi connectivity index (χ3v) is 4.36. The van der Waals surface area contributed by atoms with Gasteiger partial charge in [0.05, 0.1) is 12.6 Å².